The number of hydrogen-bond acceptors (Lipinski definition) is 5. The average molecular weight is 274 g/mol. The molecule has 0 amide bonds. The maximum Gasteiger partial charge on any atom is 0.114 e. The number of aliphatic hydroxyl groups excluding tert-OH is 3. The predicted molar refractivity (Wildman–Crippen MR) is 71.9 cm³/mol. The van der Waals surface area contributed by atoms with E-state index in [4.69, 9.17) is 14.6 Å². The molecule has 0 aromatic heterocycles. The van der Waals surface area contributed by atoms with Crippen molar-refractivity contribution in [3.63, 3.8) is 0 Å². The zero-order valence-corrected chi connectivity index (χ0v) is 11.6. The first-order valence-electron chi connectivity index (χ1n) is 7.05. The van der Waals surface area contributed by atoms with Gasteiger partial charge >= 0.3 is 0 Å². The van der Waals surface area contributed by atoms with Crippen molar-refractivity contribution >= 4 is 0 Å². The first kappa shape index (κ1) is 16.6. The second kappa shape index (κ2) is 9.44. The summed E-state index contributed by atoms with van der Waals surface area (Å²) in [7, 11) is 0. The van der Waals surface area contributed by atoms with E-state index in [1.807, 2.05) is 0 Å². The Balaban J connectivity index is 2.23. The van der Waals surface area contributed by atoms with E-state index >= 15 is 0 Å². The van der Waals surface area contributed by atoms with E-state index in [1.54, 1.807) is 0 Å². The molecular weight excluding hydrogens is 248 g/mol. The highest BCUT2D eigenvalue weighted by Gasteiger charge is 2.39. The maximum absolute atomic E-state index is 9.83. The Hall–Kier alpha value is -0.460. The molecule has 4 atom stereocenters. The molecule has 0 aromatic rings. The third kappa shape index (κ3) is 5.58. The fourth-order valence-corrected chi connectivity index (χ4v) is 2.09. The summed E-state index contributed by atoms with van der Waals surface area (Å²) in [5, 5.41) is 28.5. The van der Waals surface area contributed by atoms with E-state index in [0.717, 1.165) is 25.7 Å². The van der Waals surface area contributed by atoms with Crippen molar-refractivity contribution in [2.75, 3.05) is 19.8 Å². The molecular formula is C14H26O5. The van der Waals surface area contributed by atoms with Gasteiger partial charge in [0.15, 0.2) is 0 Å². The molecule has 0 bridgehead atoms. The van der Waals surface area contributed by atoms with E-state index in [2.05, 4.69) is 19.1 Å². The van der Waals surface area contributed by atoms with Crippen LogP contribution < -0.4 is 0 Å². The van der Waals surface area contributed by atoms with Gasteiger partial charge in [-0.25, -0.2) is 0 Å². The van der Waals surface area contributed by atoms with Gasteiger partial charge in [-0.15, -0.1) is 0 Å². The highest BCUT2D eigenvalue weighted by atomic mass is 16.6. The fourth-order valence-electron chi connectivity index (χ4n) is 2.09. The number of unbranched alkanes of at least 4 members (excludes halogenated alkanes) is 2. The zero-order chi connectivity index (χ0) is 14.1. The lowest BCUT2D eigenvalue weighted by Crippen LogP contribution is -2.55. The number of ether oxygens (including phenoxy) is 2. The summed E-state index contributed by atoms with van der Waals surface area (Å²) in [5.74, 6) is 0. The molecule has 19 heavy (non-hydrogen) atoms. The molecule has 1 aliphatic rings. The van der Waals surface area contributed by atoms with Gasteiger partial charge in [-0.1, -0.05) is 19.1 Å². The lowest BCUT2D eigenvalue weighted by atomic mass is 10.0. The summed E-state index contributed by atoms with van der Waals surface area (Å²) in [6.07, 6.45) is 5.12. The first-order chi connectivity index (χ1) is 9.20. The summed E-state index contributed by atoms with van der Waals surface area (Å²) in [5.41, 5.74) is 0. The molecule has 5 nitrogen and oxygen atoms in total. The third-order valence-electron chi connectivity index (χ3n) is 3.24. The van der Waals surface area contributed by atoms with Gasteiger partial charge in [0.2, 0.25) is 0 Å². The lowest BCUT2D eigenvalue weighted by Gasteiger charge is -2.37. The van der Waals surface area contributed by atoms with Gasteiger partial charge in [0, 0.05) is 6.61 Å². The Kier molecular flexibility index (Phi) is 8.25. The Bertz CT molecular complexity index is 254. The molecule has 0 saturated carbocycles. The minimum Gasteiger partial charge on any atom is -0.394 e. The first-order valence-corrected chi connectivity index (χ1v) is 7.05. The zero-order valence-electron chi connectivity index (χ0n) is 11.6. The summed E-state index contributed by atoms with van der Waals surface area (Å²) >= 11 is 0. The molecule has 0 spiro atoms. The highest BCUT2D eigenvalue weighted by molar-refractivity contribution is 4.87. The smallest absolute Gasteiger partial charge is 0.114 e. The van der Waals surface area contributed by atoms with Gasteiger partial charge in [-0.3, -0.25) is 0 Å². The average Bonchev–Trinajstić information content (AvgIpc) is 2.42. The molecule has 5 heteroatoms. The predicted octanol–water partition coefficient (Wildman–Crippen LogP) is 0.621. The summed E-state index contributed by atoms with van der Waals surface area (Å²) < 4.78 is 10.8. The van der Waals surface area contributed by atoms with E-state index in [9.17, 15) is 10.2 Å². The molecule has 1 fully saturated rings. The van der Waals surface area contributed by atoms with Crippen molar-refractivity contribution < 1.29 is 24.8 Å². The summed E-state index contributed by atoms with van der Waals surface area (Å²) in [6.45, 7) is 2.42. The van der Waals surface area contributed by atoms with E-state index < -0.39 is 24.4 Å². The van der Waals surface area contributed by atoms with Crippen molar-refractivity contribution in [2.45, 2.75) is 57.0 Å². The molecule has 1 saturated heterocycles. The van der Waals surface area contributed by atoms with Crippen LogP contribution in [0, 0.1) is 0 Å². The molecule has 112 valence electrons. The molecule has 1 rings (SSSR count). The van der Waals surface area contributed by atoms with Crippen LogP contribution in [0.5, 0.6) is 0 Å². The van der Waals surface area contributed by atoms with Crippen LogP contribution in [0.4, 0.5) is 0 Å². The molecule has 1 aliphatic heterocycles. The summed E-state index contributed by atoms with van der Waals surface area (Å²) in [6, 6.07) is 0. The SMILES string of the molecule is CC/C=C/CCCCO[C@@H]1[C@@H](O)[C@H](O)CO[C@H]1CO. The van der Waals surface area contributed by atoms with Crippen molar-refractivity contribution in [1.29, 1.82) is 0 Å². The second-order valence-corrected chi connectivity index (χ2v) is 4.82. The Morgan fingerprint density at radius 1 is 1.26 bits per heavy atom. The van der Waals surface area contributed by atoms with Gasteiger partial charge in [-0.2, -0.15) is 0 Å². The van der Waals surface area contributed by atoms with Gasteiger partial charge in [0.05, 0.1) is 13.2 Å². The van der Waals surface area contributed by atoms with Crippen molar-refractivity contribution in [2.24, 2.45) is 0 Å². The number of aliphatic hydroxyl groups is 3. The van der Waals surface area contributed by atoms with Crippen LogP contribution in [0.25, 0.3) is 0 Å². The summed E-state index contributed by atoms with van der Waals surface area (Å²) in [4.78, 5) is 0. The number of hydrogen-bond donors (Lipinski definition) is 3. The van der Waals surface area contributed by atoms with E-state index in [-0.39, 0.29) is 13.2 Å². The largest absolute Gasteiger partial charge is 0.394 e. The molecule has 3 N–H and O–H groups in total. The van der Waals surface area contributed by atoms with Crippen molar-refractivity contribution in [3.05, 3.63) is 12.2 Å². The van der Waals surface area contributed by atoms with E-state index in [1.165, 1.54) is 0 Å². The Labute approximate surface area is 114 Å². The van der Waals surface area contributed by atoms with Crippen LogP contribution in [0.1, 0.15) is 32.6 Å². The number of allylic oxidation sites excluding steroid dienone is 2. The third-order valence-corrected chi connectivity index (χ3v) is 3.24. The minimum atomic E-state index is -0.995. The van der Waals surface area contributed by atoms with Crippen LogP contribution >= 0.6 is 0 Å². The van der Waals surface area contributed by atoms with E-state index in [0.29, 0.717) is 6.61 Å². The maximum atomic E-state index is 9.83. The highest BCUT2D eigenvalue weighted by Crippen LogP contribution is 2.19. The van der Waals surface area contributed by atoms with Crippen LogP contribution in [0.3, 0.4) is 0 Å². The van der Waals surface area contributed by atoms with Gasteiger partial charge in [0.1, 0.15) is 24.4 Å². The van der Waals surface area contributed by atoms with Gasteiger partial charge in [0.25, 0.3) is 0 Å². The molecule has 0 radical (unpaired) electrons. The molecule has 1 heterocycles. The standard InChI is InChI=1S/C14H26O5/c1-2-3-4-5-6-7-8-18-14-12(9-15)19-10-11(16)13(14)17/h3-4,11-17H,2,5-10H2,1H3/b4-3+/t11-,12+,13+,14+/m1/s1. The fraction of sp³-hybridized carbons (Fsp3) is 0.857. The molecule has 0 unspecified atom stereocenters. The molecule has 0 aliphatic carbocycles. The Morgan fingerprint density at radius 3 is 2.74 bits per heavy atom. The minimum absolute atomic E-state index is 0.0358. The Morgan fingerprint density at radius 2 is 2.05 bits per heavy atom. The van der Waals surface area contributed by atoms with Crippen molar-refractivity contribution in [1.82, 2.24) is 0 Å². The quantitative estimate of drug-likeness (QED) is 0.447. The van der Waals surface area contributed by atoms with Crippen LogP contribution in [0.15, 0.2) is 12.2 Å². The monoisotopic (exact) mass is 274 g/mol. The van der Waals surface area contributed by atoms with Crippen LogP contribution in [0.2, 0.25) is 0 Å². The molecule has 0 aromatic carbocycles. The van der Waals surface area contributed by atoms with Crippen LogP contribution in [-0.2, 0) is 9.47 Å². The normalized spacial score (nSPS) is 32.0. The van der Waals surface area contributed by atoms with Crippen LogP contribution in [-0.4, -0.2) is 59.6 Å². The second-order valence-electron chi connectivity index (χ2n) is 4.82. The number of rotatable bonds is 8. The van der Waals surface area contributed by atoms with Gasteiger partial charge in [-0.05, 0) is 25.7 Å². The lowest BCUT2D eigenvalue weighted by molar-refractivity contribution is -0.211. The topological polar surface area (TPSA) is 79.2 Å². The van der Waals surface area contributed by atoms with Crippen molar-refractivity contribution in [3.8, 4) is 0 Å². The van der Waals surface area contributed by atoms with Gasteiger partial charge < -0.3 is 24.8 Å².